The number of hydrogen-bond acceptors (Lipinski definition) is 4. The van der Waals surface area contributed by atoms with Crippen LogP contribution in [0.1, 0.15) is 174 Å². The molecule has 0 fully saturated rings. The summed E-state index contributed by atoms with van der Waals surface area (Å²) in [6.07, 6.45) is 27.4. The number of esters is 2. The first kappa shape index (κ1) is 33.1. The van der Waals surface area contributed by atoms with Gasteiger partial charge in [-0.15, -0.1) is 0 Å². The fourth-order valence-electron chi connectivity index (χ4n) is 4.47. The minimum atomic E-state index is -0.353. The minimum Gasteiger partial charge on any atom is -0.393 e. The molecule has 1 unspecified atom stereocenters. The molecule has 0 bridgehead atoms. The van der Waals surface area contributed by atoms with Gasteiger partial charge in [0, 0.05) is 12.8 Å². The van der Waals surface area contributed by atoms with Crippen LogP contribution in [0.3, 0.4) is 0 Å². The minimum absolute atomic E-state index is 0.103. The third-order valence-corrected chi connectivity index (χ3v) is 6.77. The second-order valence-electron chi connectivity index (χ2n) is 10.3. The first-order chi connectivity index (χ1) is 16.6. The van der Waals surface area contributed by atoms with Crippen LogP contribution in [0.15, 0.2) is 0 Å². The van der Waals surface area contributed by atoms with Crippen LogP contribution < -0.4 is 0 Å². The van der Waals surface area contributed by atoms with E-state index >= 15 is 0 Å². The Labute approximate surface area is 212 Å². The maximum absolute atomic E-state index is 11.8. The van der Waals surface area contributed by atoms with E-state index in [4.69, 9.17) is 4.74 Å². The quantitative estimate of drug-likeness (QED) is 0.0758. The van der Waals surface area contributed by atoms with Gasteiger partial charge in [0.05, 0.1) is 6.10 Å². The molecule has 1 atom stereocenters. The Hall–Kier alpha value is -0.900. The van der Waals surface area contributed by atoms with Crippen LogP contribution in [-0.4, -0.2) is 23.1 Å². The van der Waals surface area contributed by atoms with Crippen molar-refractivity contribution < 1.29 is 19.4 Å². The van der Waals surface area contributed by atoms with E-state index in [9.17, 15) is 14.7 Å². The van der Waals surface area contributed by atoms with Gasteiger partial charge < -0.3 is 9.84 Å². The third kappa shape index (κ3) is 25.7. The predicted octanol–water partition coefficient (Wildman–Crippen LogP) is 9.21. The summed E-state index contributed by atoms with van der Waals surface area (Å²) in [7, 11) is 0. The monoisotopic (exact) mass is 482 g/mol. The predicted molar refractivity (Wildman–Crippen MR) is 144 cm³/mol. The number of hydrogen-bond donors (Lipinski definition) is 1. The molecule has 0 saturated heterocycles. The maximum Gasteiger partial charge on any atom is 0.313 e. The van der Waals surface area contributed by atoms with E-state index in [0.29, 0.717) is 12.8 Å². The van der Waals surface area contributed by atoms with Gasteiger partial charge in [-0.1, -0.05) is 136 Å². The first-order valence-electron chi connectivity index (χ1n) is 15.0. The van der Waals surface area contributed by atoms with Crippen molar-refractivity contribution in [3.8, 4) is 0 Å². The SMILES string of the molecule is CCCCCCCCCCCC(=O)OC(=O)CCCCCCCCCCC(O)CCCCCC. The lowest BCUT2D eigenvalue weighted by Gasteiger charge is -2.10. The molecule has 0 aliphatic heterocycles. The summed E-state index contributed by atoms with van der Waals surface area (Å²) in [5, 5.41) is 9.99. The highest BCUT2D eigenvalue weighted by molar-refractivity contribution is 5.85. The molecule has 0 aromatic carbocycles. The van der Waals surface area contributed by atoms with Gasteiger partial charge in [0.1, 0.15) is 0 Å². The molecule has 4 heteroatoms. The van der Waals surface area contributed by atoms with Crippen molar-refractivity contribution in [1.82, 2.24) is 0 Å². The average molecular weight is 483 g/mol. The van der Waals surface area contributed by atoms with Gasteiger partial charge in [0.25, 0.3) is 0 Å². The van der Waals surface area contributed by atoms with Crippen molar-refractivity contribution >= 4 is 11.9 Å². The lowest BCUT2D eigenvalue weighted by molar-refractivity contribution is -0.159. The normalized spacial score (nSPS) is 12.1. The van der Waals surface area contributed by atoms with Crippen LogP contribution >= 0.6 is 0 Å². The largest absolute Gasteiger partial charge is 0.393 e. The van der Waals surface area contributed by atoms with E-state index in [1.807, 2.05) is 0 Å². The highest BCUT2D eigenvalue weighted by atomic mass is 16.6. The zero-order chi connectivity index (χ0) is 25.1. The van der Waals surface area contributed by atoms with Crippen LogP contribution in [0, 0.1) is 0 Å². The Bertz CT molecular complexity index is 449. The second-order valence-corrected chi connectivity index (χ2v) is 10.3. The summed E-state index contributed by atoms with van der Waals surface area (Å²) in [5.41, 5.74) is 0. The topological polar surface area (TPSA) is 63.6 Å². The van der Waals surface area contributed by atoms with Crippen molar-refractivity contribution in [1.29, 1.82) is 0 Å². The molecule has 0 spiro atoms. The van der Waals surface area contributed by atoms with Crippen LogP contribution in [0.25, 0.3) is 0 Å². The Balaban J connectivity index is 3.35. The molecule has 0 aliphatic rings. The van der Waals surface area contributed by atoms with Crippen molar-refractivity contribution in [2.45, 2.75) is 180 Å². The lowest BCUT2D eigenvalue weighted by atomic mass is 10.0. The molecule has 0 saturated carbocycles. The van der Waals surface area contributed by atoms with Crippen LogP contribution in [0.5, 0.6) is 0 Å². The zero-order valence-electron chi connectivity index (χ0n) is 22.9. The molecular formula is C30H58O4. The third-order valence-electron chi connectivity index (χ3n) is 6.77. The Morgan fingerprint density at radius 2 is 0.794 bits per heavy atom. The van der Waals surface area contributed by atoms with E-state index in [0.717, 1.165) is 57.8 Å². The molecule has 0 aliphatic carbocycles. The molecule has 0 aromatic heterocycles. The zero-order valence-corrected chi connectivity index (χ0v) is 22.9. The second kappa shape index (κ2) is 26.7. The van der Waals surface area contributed by atoms with E-state index in [2.05, 4.69) is 13.8 Å². The molecule has 0 heterocycles. The van der Waals surface area contributed by atoms with Gasteiger partial charge in [0.15, 0.2) is 0 Å². The summed E-state index contributed by atoms with van der Waals surface area (Å²) >= 11 is 0. The van der Waals surface area contributed by atoms with Crippen molar-refractivity contribution in [2.24, 2.45) is 0 Å². The molecule has 0 radical (unpaired) electrons. The highest BCUT2D eigenvalue weighted by Crippen LogP contribution is 2.15. The van der Waals surface area contributed by atoms with E-state index in [1.54, 1.807) is 0 Å². The summed E-state index contributed by atoms with van der Waals surface area (Å²) in [5.74, 6) is -0.701. The summed E-state index contributed by atoms with van der Waals surface area (Å²) in [6, 6.07) is 0. The molecular weight excluding hydrogens is 424 g/mol. The van der Waals surface area contributed by atoms with E-state index < -0.39 is 0 Å². The van der Waals surface area contributed by atoms with Crippen molar-refractivity contribution in [3.63, 3.8) is 0 Å². The Morgan fingerprint density at radius 3 is 1.18 bits per heavy atom. The summed E-state index contributed by atoms with van der Waals surface area (Å²) < 4.78 is 4.95. The standard InChI is InChI=1S/C30H58O4/c1-3-5-7-9-10-11-15-18-22-26-29(32)34-30(33)27-23-19-16-13-12-14-17-21-25-28(31)24-20-8-6-4-2/h28,31H,3-27H2,1-2H3. The van der Waals surface area contributed by atoms with Crippen LogP contribution in [0.2, 0.25) is 0 Å². The smallest absolute Gasteiger partial charge is 0.313 e. The number of unbranched alkanes of at least 4 members (excludes halogenated alkanes) is 18. The number of aliphatic hydroxyl groups excluding tert-OH is 1. The number of aliphatic hydroxyl groups is 1. The molecule has 0 aromatic rings. The molecule has 0 amide bonds. The Morgan fingerprint density at radius 1 is 0.500 bits per heavy atom. The lowest BCUT2D eigenvalue weighted by Crippen LogP contribution is -2.11. The molecule has 0 rings (SSSR count). The van der Waals surface area contributed by atoms with Gasteiger partial charge >= 0.3 is 11.9 Å². The molecule has 202 valence electrons. The van der Waals surface area contributed by atoms with Crippen molar-refractivity contribution in [2.75, 3.05) is 0 Å². The molecule has 1 N–H and O–H groups in total. The number of carbonyl (C=O) groups excluding carboxylic acids is 2. The van der Waals surface area contributed by atoms with Crippen molar-refractivity contribution in [3.05, 3.63) is 0 Å². The van der Waals surface area contributed by atoms with Gasteiger partial charge in [-0.2, -0.15) is 0 Å². The van der Waals surface area contributed by atoms with Gasteiger partial charge in [-0.25, -0.2) is 0 Å². The fourth-order valence-corrected chi connectivity index (χ4v) is 4.47. The number of carbonyl (C=O) groups is 2. The van der Waals surface area contributed by atoms with E-state index in [-0.39, 0.29) is 18.0 Å². The Kier molecular flexibility index (Phi) is 26.0. The fraction of sp³-hybridized carbons (Fsp3) is 0.933. The van der Waals surface area contributed by atoms with Gasteiger partial charge in [0.2, 0.25) is 0 Å². The molecule has 34 heavy (non-hydrogen) atoms. The van der Waals surface area contributed by atoms with Crippen LogP contribution in [0.4, 0.5) is 0 Å². The van der Waals surface area contributed by atoms with Gasteiger partial charge in [-0.05, 0) is 25.7 Å². The number of ether oxygens (including phenoxy) is 1. The number of rotatable bonds is 26. The first-order valence-corrected chi connectivity index (χ1v) is 15.0. The summed E-state index contributed by atoms with van der Waals surface area (Å²) in [4.78, 5) is 23.6. The van der Waals surface area contributed by atoms with Crippen LogP contribution in [-0.2, 0) is 14.3 Å². The average Bonchev–Trinajstić information content (AvgIpc) is 2.82. The van der Waals surface area contributed by atoms with Gasteiger partial charge in [-0.3, -0.25) is 9.59 Å². The summed E-state index contributed by atoms with van der Waals surface area (Å²) in [6.45, 7) is 4.45. The van der Waals surface area contributed by atoms with E-state index in [1.165, 1.54) is 89.9 Å². The molecule has 4 nitrogen and oxygen atoms in total. The maximum atomic E-state index is 11.8. The highest BCUT2D eigenvalue weighted by Gasteiger charge is 2.10.